The van der Waals surface area contributed by atoms with Gasteiger partial charge in [0.1, 0.15) is 12.3 Å². The highest BCUT2D eigenvalue weighted by Crippen LogP contribution is 2.36. The van der Waals surface area contributed by atoms with E-state index >= 15 is 0 Å². The Balaban J connectivity index is 1.76. The van der Waals surface area contributed by atoms with Gasteiger partial charge in [0.15, 0.2) is 0 Å². The second-order valence-corrected chi connectivity index (χ2v) is 7.06. The molecule has 0 atom stereocenters. The van der Waals surface area contributed by atoms with Crippen LogP contribution in [0, 0.1) is 17.8 Å². The molecule has 3 rings (SSSR count). The van der Waals surface area contributed by atoms with E-state index in [9.17, 15) is 13.6 Å². The Kier molecular flexibility index (Phi) is 5.93. The molecule has 0 saturated heterocycles. The third-order valence-electron chi connectivity index (χ3n) is 4.73. The van der Waals surface area contributed by atoms with Crippen LogP contribution < -0.4 is 5.32 Å². The minimum absolute atomic E-state index is 0.0424. The molecular formula is C20H19ClF2N2O2. The maximum Gasteiger partial charge on any atom is 0.253 e. The van der Waals surface area contributed by atoms with Crippen LogP contribution in [-0.2, 0) is 0 Å². The van der Waals surface area contributed by atoms with E-state index in [0.717, 1.165) is 0 Å². The number of amides is 1. The lowest BCUT2D eigenvalue weighted by molar-refractivity contribution is -0.0452. The molecule has 1 saturated carbocycles. The summed E-state index contributed by atoms with van der Waals surface area (Å²) in [5.41, 5.74) is 1.35. The molecule has 1 aromatic heterocycles. The van der Waals surface area contributed by atoms with Gasteiger partial charge in [0, 0.05) is 24.8 Å². The number of aliphatic hydroxyl groups excluding tert-OH is 1. The first-order valence-electron chi connectivity index (χ1n) is 8.74. The van der Waals surface area contributed by atoms with Gasteiger partial charge < -0.3 is 10.4 Å². The van der Waals surface area contributed by atoms with Gasteiger partial charge in [-0.05, 0) is 48.9 Å². The van der Waals surface area contributed by atoms with E-state index in [1.165, 1.54) is 0 Å². The Morgan fingerprint density at radius 3 is 2.74 bits per heavy atom. The maximum absolute atomic E-state index is 13.2. The molecule has 4 nitrogen and oxygen atoms in total. The van der Waals surface area contributed by atoms with Crippen molar-refractivity contribution in [3.05, 3.63) is 40.5 Å². The molecular weight excluding hydrogens is 374 g/mol. The number of halogens is 3. The van der Waals surface area contributed by atoms with E-state index in [-0.39, 0.29) is 31.3 Å². The number of benzene rings is 1. The van der Waals surface area contributed by atoms with E-state index in [2.05, 4.69) is 22.1 Å². The molecule has 1 aromatic carbocycles. The highest BCUT2D eigenvalue weighted by atomic mass is 35.5. The van der Waals surface area contributed by atoms with Crippen molar-refractivity contribution in [2.45, 2.75) is 31.6 Å². The topological polar surface area (TPSA) is 62.2 Å². The molecule has 0 unspecified atom stereocenters. The van der Waals surface area contributed by atoms with Gasteiger partial charge in [-0.2, -0.15) is 0 Å². The van der Waals surface area contributed by atoms with Crippen LogP contribution in [0.25, 0.3) is 10.9 Å². The number of hydrogen-bond acceptors (Lipinski definition) is 3. The number of aromatic nitrogens is 1. The Morgan fingerprint density at radius 2 is 2.04 bits per heavy atom. The summed E-state index contributed by atoms with van der Waals surface area (Å²) in [5, 5.41) is 12.5. The fourth-order valence-corrected chi connectivity index (χ4v) is 3.49. The summed E-state index contributed by atoms with van der Waals surface area (Å²) in [6, 6.07) is 6.66. The Labute approximate surface area is 160 Å². The molecule has 1 heterocycles. The number of alkyl halides is 2. The number of nitrogens with zero attached hydrogens (tertiary/aromatic N) is 1. The molecule has 2 N–H and O–H groups in total. The fourth-order valence-electron chi connectivity index (χ4n) is 3.24. The predicted octanol–water partition coefficient (Wildman–Crippen LogP) is 3.79. The highest BCUT2D eigenvalue weighted by molar-refractivity contribution is 6.35. The molecule has 142 valence electrons. The SMILES string of the molecule is O=C(NCC1CCC(F)(F)CC1)c1c(Cl)ccc2nc(C#CCO)ccc12. The normalized spacial score (nSPS) is 16.6. The molecule has 1 aliphatic carbocycles. The molecule has 0 radical (unpaired) electrons. The van der Waals surface area contributed by atoms with Crippen molar-refractivity contribution < 1.29 is 18.7 Å². The number of fused-ring (bicyclic) bond motifs is 1. The first-order valence-corrected chi connectivity index (χ1v) is 9.12. The van der Waals surface area contributed by atoms with Crippen LogP contribution >= 0.6 is 11.6 Å². The summed E-state index contributed by atoms with van der Waals surface area (Å²) in [6.45, 7) is 0.0796. The van der Waals surface area contributed by atoms with Gasteiger partial charge >= 0.3 is 0 Å². The zero-order valence-corrected chi connectivity index (χ0v) is 15.3. The average molecular weight is 393 g/mol. The third-order valence-corrected chi connectivity index (χ3v) is 5.05. The molecule has 0 aliphatic heterocycles. The molecule has 1 amide bonds. The number of nitrogens with one attached hydrogen (secondary N) is 1. The number of hydrogen-bond donors (Lipinski definition) is 2. The fraction of sp³-hybridized carbons (Fsp3) is 0.400. The molecule has 1 aliphatic rings. The van der Waals surface area contributed by atoms with Crippen LogP contribution in [0.3, 0.4) is 0 Å². The Bertz CT molecular complexity index is 911. The minimum Gasteiger partial charge on any atom is -0.384 e. The quantitative estimate of drug-likeness (QED) is 0.781. The summed E-state index contributed by atoms with van der Waals surface area (Å²) in [6.07, 6.45) is 0.518. The minimum atomic E-state index is -2.58. The van der Waals surface area contributed by atoms with Crippen LogP contribution in [0.1, 0.15) is 41.7 Å². The van der Waals surface area contributed by atoms with Gasteiger partial charge in [-0.3, -0.25) is 4.79 Å². The van der Waals surface area contributed by atoms with Crippen molar-refractivity contribution in [1.82, 2.24) is 10.3 Å². The van der Waals surface area contributed by atoms with Crippen LogP contribution in [0.2, 0.25) is 5.02 Å². The first-order chi connectivity index (χ1) is 12.9. The lowest BCUT2D eigenvalue weighted by Gasteiger charge is -2.28. The Hall–Kier alpha value is -2.23. The van der Waals surface area contributed by atoms with E-state index in [0.29, 0.717) is 46.6 Å². The van der Waals surface area contributed by atoms with Crippen LogP contribution in [0.15, 0.2) is 24.3 Å². The van der Waals surface area contributed by atoms with Crippen molar-refractivity contribution >= 4 is 28.4 Å². The summed E-state index contributed by atoms with van der Waals surface area (Å²) in [5.74, 6) is 2.36. The van der Waals surface area contributed by atoms with Gasteiger partial charge in [-0.15, -0.1) is 0 Å². The second kappa shape index (κ2) is 8.20. The average Bonchev–Trinajstić information content (AvgIpc) is 2.65. The van der Waals surface area contributed by atoms with Crippen molar-refractivity contribution in [2.75, 3.05) is 13.2 Å². The smallest absolute Gasteiger partial charge is 0.253 e. The summed E-state index contributed by atoms with van der Waals surface area (Å²) < 4.78 is 26.5. The highest BCUT2D eigenvalue weighted by Gasteiger charge is 2.34. The molecule has 7 heteroatoms. The van der Waals surface area contributed by atoms with E-state index in [1.54, 1.807) is 24.3 Å². The third kappa shape index (κ3) is 4.74. The molecule has 0 bridgehead atoms. The molecule has 27 heavy (non-hydrogen) atoms. The van der Waals surface area contributed by atoms with Gasteiger partial charge in [0.25, 0.3) is 5.91 Å². The molecule has 0 spiro atoms. The van der Waals surface area contributed by atoms with E-state index in [4.69, 9.17) is 16.7 Å². The predicted molar refractivity (Wildman–Crippen MR) is 100.0 cm³/mol. The number of rotatable bonds is 3. The van der Waals surface area contributed by atoms with Crippen LogP contribution in [0.5, 0.6) is 0 Å². The van der Waals surface area contributed by atoms with Gasteiger partial charge in [0.2, 0.25) is 5.92 Å². The number of pyridine rings is 1. The molecule has 1 fully saturated rings. The van der Waals surface area contributed by atoms with Gasteiger partial charge in [-0.25, -0.2) is 13.8 Å². The van der Waals surface area contributed by atoms with E-state index in [1.807, 2.05) is 0 Å². The number of carbonyl (C=O) groups excluding carboxylic acids is 1. The molecule has 2 aromatic rings. The zero-order chi connectivity index (χ0) is 19.4. The Morgan fingerprint density at radius 1 is 1.30 bits per heavy atom. The number of carbonyl (C=O) groups is 1. The summed E-state index contributed by atoms with van der Waals surface area (Å²) >= 11 is 6.23. The van der Waals surface area contributed by atoms with Crippen molar-refractivity contribution in [3.8, 4) is 11.8 Å². The van der Waals surface area contributed by atoms with Crippen molar-refractivity contribution in [2.24, 2.45) is 5.92 Å². The standard InChI is InChI=1S/C20H19ClF2N2O2/c21-16-5-6-17-15(4-3-14(25-17)2-1-11-26)18(16)19(27)24-12-13-7-9-20(22,23)10-8-13/h3-6,13,26H,7-12H2,(H,24,27). The second-order valence-electron chi connectivity index (χ2n) is 6.65. The van der Waals surface area contributed by atoms with Crippen LogP contribution in [0.4, 0.5) is 8.78 Å². The zero-order valence-electron chi connectivity index (χ0n) is 14.6. The van der Waals surface area contributed by atoms with Crippen molar-refractivity contribution in [3.63, 3.8) is 0 Å². The summed E-state index contributed by atoms with van der Waals surface area (Å²) in [4.78, 5) is 17.0. The lowest BCUT2D eigenvalue weighted by Crippen LogP contribution is -2.34. The number of aliphatic hydroxyl groups is 1. The van der Waals surface area contributed by atoms with Crippen molar-refractivity contribution in [1.29, 1.82) is 0 Å². The van der Waals surface area contributed by atoms with Gasteiger partial charge in [0.05, 0.1) is 16.1 Å². The lowest BCUT2D eigenvalue weighted by atomic mass is 9.87. The van der Waals surface area contributed by atoms with Crippen LogP contribution in [-0.4, -0.2) is 35.1 Å². The maximum atomic E-state index is 13.2. The van der Waals surface area contributed by atoms with Gasteiger partial charge in [-0.1, -0.05) is 17.5 Å². The largest absolute Gasteiger partial charge is 0.384 e. The summed E-state index contributed by atoms with van der Waals surface area (Å²) in [7, 11) is 0. The van der Waals surface area contributed by atoms with E-state index < -0.39 is 5.92 Å². The first kappa shape index (κ1) is 19.5. The monoisotopic (exact) mass is 392 g/mol.